The molecule has 0 rings (SSSR count). The second-order valence-electron chi connectivity index (χ2n) is 9.04. The largest absolute Gasteiger partial charge is 0.496 e. The van der Waals surface area contributed by atoms with Crippen LogP contribution in [0.25, 0.3) is 0 Å². The minimum Gasteiger partial charge on any atom is -0.496 e. The van der Waals surface area contributed by atoms with Crippen molar-refractivity contribution in [1.29, 1.82) is 0 Å². The summed E-state index contributed by atoms with van der Waals surface area (Å²) in [5.74, 6) is -0.857. The van der Waals surface area contributed by atoms with Crippen LogP contribution in [-0.2, 0) is 18.9 Å². The molecule has 6 heteroatoms. The van der Waals surface area contributed by atoms with Crippen molar-refractivity contribution < 1.29 is 23.4 Å². The van der Waals surface area contributed by atoms with Crippen molar-refractivity contribution >= 4 is 0 Å². The molecule has 0 radical (unpaired) electrons. The third kappa shape index (κ3) is 18.1. The van der Waals surface area contributed by atoms with Gasteiger partial charge in [0.25, 0.3) is 5.97 Å². The number of hydrogen-bond donors (Lipinski definition) is 1. The monoisotopic (exact) mass is 431 g/mol. The Labute approximate surface area is 186 Å². The number of likely N-dealkylation sites (N-methyl/N-ethyl adjacent to an activating group) is 1. The molecule has 0 saturated carbocycles. The zero-order chi connectivity index (χ0) is 22.6. The van der Waals surface area contributed by atoms with E-state index in [0.717, 1.165) is 43.6 Å². The fourth-order valence-electron chi connectivity index (χ4n) is 3.26. The third-order valence-corrected chi connectivity index (χ3v) is 5.35. The van der Waals surface area contributed by atoms with E-state index in [4.69, 9.17) is 18.9 Å². The van der Waals surface area contributed by atoms with Crippen LogP contribution in [0.15, 0.2) is 12.3 Å². The molecule has 0 aromatic carbocycles. The number of nitrogens with one attached hydrogen (secondary N) is 1. The molecule has 0 spiro atoms. The zero-order valence-electron chi connectivity index (χ0n) is 20.8. The van der Waals surface area contributed by atoms with Gasteiger partial charge in [0.1, 0.15) is 13.2 Å². The topological polar surface area (TPSA) is 49.0 Å². The molecule has 0 aromatic heterocycles. The van der Waals surface area contributed by atoms with Gasteiger partial charge in [0.05, 0.1) is 27.4 Å². The first-order valence-electron chi connectivity index (χ1n) is 11.8. The van der Waals surface area contributed by atoms with Gasteiger partial charge in [-0.1, -0.05) is 51.4 Å². The van der Waals surface area contributed by atoms with Gasteiger partial charge in [0.2, 0.25) is 0 Å². The highest BCUT2D eigenvalue weighted by molar-refractivity contribution is 4.76. The molecule has 0 aliphatic carbocycles. The number of unbranched alkanes of at least 4 members (excludes halogenated alkanes) is 9. The van der Waals surface area contributed by atoms with Gasteiger partial charge in [0, 0.05) is 34.3 Å². The SMILES string of the molecule is COC(CCCCCCCCCCCCNCC=COCC[N+](C)(C)C)(OC)OC. The number of ether oxygens (including phenoxy) is 4. The van der Waals surface area contributed by atoms with E-state index >= 15 is 0 Å². The molecule has 180 valence electrons. The Morgan fingerprint density at radius 3 is 1.73 bits per heavy atom. The molecule has 0 saturated heterocycles. The lowest BCUT2D eigenvalue weighted by atomic mass is 10.1. The summed E-state index contributed by atoms with van der Waals surface area (Å²) in [6.07, 6.45) is 17.6. The van der Waals surface area contributed by atoms with E-state index in [-0.39, 0.29) is 0 Å². The van der Waals surface area contributed by atoms with Gasteiger partial charge in [0.15, 0.2) is 0 Å². The second-order valence-corrected chi connectivity index (χ2v) is 9.04. The molecule has 6 nitrogen and oxygen atoms in total. The lowest BCUT2D eigenvalue weighted by Crippen LogP contribution is -2.37. The molecule has 1 N–H and O–H groups in total. The van der Waals surface area contributed by atoms with E-state index in [0.29, 0.717) is 0 Å². The Balaban J connectivity index is 3.28. The van der Waals surface area contributed by atoms with Crippen LogP contribution >= 0.6 is 0 Å². The average molecular weight is 432 g/mol. The Kier molecular flexibility index (Phi) is 18.6. The van der Waals surface area contributed by atoms with Gasteiger partial charge < -0.3 is 28.7 Å². The molecule has 0 unspecified atom stereocenters. The predicted octanol–water partition coefficient (Wildman–Crippen LogP) is 4.70. The van der Waals surface area contributed by atoms with Crippen LogP contribution in [0.3, 0.4) is 0 Å². The van der Waals surface area contributed by atoms with Crippen LogP contribution in [-0.4, -0.2) is 79.2 Å². The Morgan fingerprint density at radius 1 is 0.733 bits per heavy atom. The lowest BCUT2D eigenvalue weighted by molar-refractivity contribution is -0.870. The normalized spacial score (nSPS) is 12.7. The molecular formula is C24H51N2O4+. The highest BCUT2D eigenvalue weighted by atomic mass is 16.9. The first-order valence-corrected chi connectivity index (χ1v) is 11.8. The number of rotatable bonds is 22. The quantitative estimate of drug-likeness (QED) is 0.117. The first kappa shape index (κ1) is 29.3. The summed E-state index contributed by atoms with van der Waals surface area (Å²) >= 11 is 0. The summed E-state index contributed by atoms with van der Waals surface area (Å²) in [4.78, 5) is 0. The van der Waals surface area contributed by atoms with Crippen molar-refractivity contribution in [3.63, 3.8) is 0 Å². The fraction of sp³-hybridized carbons (Fsp3) is 0.917. The summed E-state index contributed by atoms with van der Waals surface area (Å²) in [6.45, 7) is 3.78. The van der Waals surface area contributed by atoms with Crippen molar-refractivity contribution in [2.24, 2.45) is 0 Å². The second kappa shape index (κ2) is 19.1. The predicted molar refractivity (Wildman–Crippen MR) is 125 cm³/mol. The molecule has 0 aliphatic heterocycles. The maximum atomic E-state index is 5.50. The fourth-order valence-corrected chi connectivity index (χ4v) is 3.26. The zero-order valence-corrected chi connectivity index (χ0v) is 20.8. The summed E-state index contributed by atoms with van der Waals surface area (Å²) < 4.78 is 22.4. The van der Waals surface area contributed by atoms with Gasteiger partial charge in [-0.3, -0.25) is 0 Å². The van der Waals surface area contributed by atoms with Gasteiger partial charge >= 0.3 is 0 Å². The van der Waals surface area contributed by atoms with E-state index < -0.39 is 5.97 Å². The summed E-state index contributed by atoms with van der Waals surface area (Å²) in [6, 6.07) is 0. The summed E-state index contributed by atoms with van der Waals surface area (Å²) in [7, 11) is 11.4. The lowest BCUT2D eigenvalue weighted by Gasteiger charge is -2.28. The maximum Gasteiger partial charge on any atom is 0.282 e. The number of methoxy groups -OCH3 is 3. The van der Waals surface area contributed by atoms with Crippen LogP contribution in [0.2, 0.25) is 0 Å². The summed E-state index contributed by atoms with van der Waals surface area (Å²) in [5.41, 5.74) is 0. The first-order chi connectivity index (χ1) is 14.4. The molecule has 0 aromatic rings. The molecule has 30 heavy (non-hydrogen) atoms. The molecule has 0 amide bonds. The van der Waals surface area contributed by atoms with Crippen LogP contribution in [0.5, 0.6) is 0 Å². The van der Waals surface area contributed by atoms with Crippen LogP contribution in [0, 0.1) is 0 Å². The van der Waals surface area contributed by atoms with Crippen LogP contribution < -0.4 is 5.32 Å². The highest BCUT2D eigenvalue weighted by Crippen LogP contribution is 2.21. The van der Waals surface area contributed by atoms with Crippen molar-refractivity contribution in [2.75, 3.05) is 68.7 Å². The van der Waals surface area contributed by atoms with Crippen molar-refractivity contribution in [2.45, 2.75) is 76.6 Å². The average Bonchev–Trinajstić information content (AvgIpc) is 2.72. The Morgan fingerprint density at radius 2 is 1.23 bits per heavy atom. The van der Waals surface area contributed by atoms with E-state index in [2.05, 4.69) is 32.5 Å². The van der Waals surface area contributed by atoms with Crippen molar-refractivity contribution in [1.82, 2.24) is 5.32 Å². The Hall–Kier alpha value is -0.660. The van der Waals surface area contributed by atoms with Gasteiger partial charge in [-0.05, 0) is 25.5 Å². The van der Waals surface area contributed by atoms with E-state index in [1.165, 1.54) is 57.8 Å². The third-order valence-electron chi connectivity index (χ3n) is 5.35. The van der Waals surface area contributed by atoms with Crippen LogP contribution in [0.1, 0.15) is 70.6 Å². The standard InChI is InChI=1S/C24H51N2O4/c1-26(2,3)21-23-30-22-17-20-25-19-16-14-12-10-8-7-9-11-13-15-18-24(27-4,28-5)29-6/h17,22,25H,7-16,18-21,23H2,1-6H3/q+1. The maximum absolute atomic E-state index is 5.50. The van der Waals surface area contributed by atoms with Gasteiger partial charge in [-0.25, -0.2) is 0 Å². The van der Waals surface area contributed by atoms with Crippen LogP contribution in [0.4, 0.5) is 0 Å². The van der Waals surface area contributed by atoms with E-state index in [9.17, 15) is 0 Å². The molecule has 0 fully saturated rings. The van der Waals surface area contributed by atoms with E-state index in [1.807, 2.05) is 6.26 Å². The minimum absolute atomic E-state index is 0.774. The molecule has 0 atom stereocenters. The number of quaternary nitrogens is 1. The molecular weight excluding hydrogens is 380 g/mol. The van der Waals surface area contributed by atoms with E-state index in [1.54, 1.807) is 21.3 Å². The smallest absolute Gasteiger partial charge is 0.282 e. The summed E-state index contributed by atoms with van der Waals surface area (Å²) in [5, 5.41) is 3.45. The molecule has 0 bridgehead atoms. The van der Waals surface area contributed by atoms with Gasteiger partial charge in [-0.15, -0.1) is 0 Å². The van der Waals surface area contributed by atoms with Crippen molar-refractivity contribution in [3.05, 3.63) is 12.3 Å². The molecule has 0 heterocycles. The highest BCUT2D eigenvalue weighted by Gasteiger charge is 2.28. The number of hydrogen-bond acceptors (Lipinski definition) is 5. The molecule has 0 aliphatic rings. The van der Waals surface area contributed by atoms with Gasteiger partial charge in [-0.2, -0.15) is 0 Å². The van der Waals surface area contributed by atoms with Crippen molar-refractivity contribution in [3.8, 4) is 0 Å². The minimum atomic E-state index is -0.857. The Bertz CT molecular complexity index is 385. The number of nitrogens with zero attached hydrogens (tertiary/aromatic N) is 1.